The Morgan fingerprint density at radius 1 is 1.10 bits per heavy atom. The Labute approximate surface area is 184 Å². The van der Waals surface area contributed by atoms with Gasteiger partial charge in [-0.3, -0.25) is 4.79 Å². The first kappa shape index (κ1) is 22.8. The number of urea groups is 1. The van der Waals surface area contributed by atoms with Gasteiger partial charge in [0.25, 0.3) is 5.91 Å². The normalized spacial score (nSPS) is 17.2. The molecule has 0 spiro atoms. The molecule has 2 aromatic carbocycles. The van der Waals surface area contributed by atoms with Gasteiger partial charge in [-0.1, -0.05) is 49.1 Å². The minimum absolute atomic E-state index is 0.265. The van der Waals surface area contributed by atoms with Crippen molar-refractivity contribution in [2.45, 2.75) is 38.2 Å². The fourth-order valence-electron chi connectivity index (χ4n) is 3.51. The molecule has 1 aliphatic heterocycles. The van der Waals surface area contributed by atoms with Gasteiger partial charge in [0, 0.05) is 18.8 Å². The molecule has 1 fully saturated rings. The van der Waals surface area contributed by atoms with Crippen LogP contribution in [0.15, 0.2) is 48.5 Å². The molecule has 31 heavy (non-hydrogen) atoms. The quantitative estimate of drug-likeness (QED) is 0.601. The van der Waals surface area contributed by atoms with Gasteiger partial charge in [0.15, 0.2) is 0 Å². The number of anilines is 1. The van der Waals surface area contributed by atoms with E-state index in [0.29, 0.717) is 30.0 Å². The number of likely N-dealkylation sites (tertiary alicyclic amines) is 1. The van der Waals surface area contributed by atoms with Crippen LogP contribution in [-0.4, -0.2) is 56.3 Å². The monoisotopic (exact) mass is 441 g/mol. The Bertz CT molecular complexity index is 910. The minimum Gasteiger partial charge on any atom is -0.497 e. The maximum absolute atomic E-state index is 13.1. The molecule has 0 aliphatic carbocycles. The molecule has 1 saturated heterocycles. The summed E-state index contributed by atoms with van der Waals surface area (Å²) in [7, 11) is 0.143. The third kappa shape index (κ3) is 5.86. The highest BCUT2D eigenvalue weighted by Crippen LogP contribution is 2.21. The van der Waals surface area contributed by atoms with Gasteiger partial charge in [0.05, 0.1) is 21.3 Å². The third-order valence-electron chi connectivity index (χ3n) is 5.45. The predicted octanol–water partition coefficient (Wildman–Crippen LogP) is 2.70. The molecular formula is C23H31N3O4Si. The standard InChI is InChI=1S/C23H31N3O4Si/c1-30-19-9-5-16(6-10-19)21(25-23(29)26-14-13-18(27)15-26)22(28)24-17-7-11-20(12-8-17)31(2,3)4/h5-12,18,21,27H,13-15H2,1-4H3,(H,24,28)(H,25,29). The average Bonchev–Trinajstić information content (AvgIpc) is 3.18. The van der Waals surface area contributed by atoms with E-state index in [1.807, 2.05) is 12.1 Å². The number of nitrogens with one attached hydrogen (secondary N) is 2. The van der Waals surface area contributed by atoms with Crippen LogP contribution in [0.3, 0.4) is 0 Å². The second kappa shape index (κ2) is 9.53. The van der Waals surface area contributed by atoms with Gasteiger partial charge < -0.3 is 25.4 Å². The molecule has 8 heteroatoms. The fourth-order valence-corrected chi connectivity index (χ4v) is 4.67. The zero-order valence-electron chi connectivity index (χ0n) is 18.5. The number of nitrogens with zero attached hydrogens (tertiary/aromatic N) is 1. The molecule has 2 aromatic rings. The van der Waals surface area contributed by atoms with Crippen molar-refractivity contribution in [3.63, 3.8) is 0 Å². The van der Waals surface area contributed by atoms with E-state index in [1.54, 1.807) is 31.4 Å². The first-order chi connectivity index (χ1) is 14.7. The van der Waals surface area contributed by atoms with Crippen molar-refractivity contribution in [3.8, 4) is 5.75 Å². The number of hydrogen-bond donors (Lipinski definition) is 3. The summed E-state index contributed by atoms with van der Waals surface area (Å²) in [5, 5.41) is 16.8. The van der Waals surface area contributed by atoms with Gasteiger partial charge in [-0.2, -0.15) is 0 Å². The van der Waals surface area contributed by atoms with Crippen molar-refractivity contribution in [3.05, 3.63) is 54.1 Å². The van der Waals surface area contributed by atoms with Crippen LogP contribution in [0.1, 0.15) is 18.0 Å². The molecule has 166 valence electrons. The topological polar surface area (TPSA) is 90.9 Å². The van der Waals surface area contributed by atoms with Crippen LogP contribution in [0.4, 0.5) is 10.5 Å². The molecule has 3 rings (SSSR count). The molecule has 0 aromatic heterocycles. The van der Waals surface area contributed by atoms with Crippen molar-refractivity contribution < 1.29 is 19.4 Å². The lowest BCUT2D eigenvalue weighted by Gasteiger charge is -2.23. The molecule has 1 heterocycles. The van der Waals surface area contributed by atoms with Gasteiger partial charge in [-0.05, 0) is 36.2 Å². The largest absolute Gasteiger partial charge is 0.497 e. The summed E-state index contributed by atoms with van der Waals surface area (Å²) in [6.45, 7) is 7.53. The SMILES string of the molecule is COc1ccc(C(NC(=O)N2CCC(O)C2)C(=O)Nc2ccc([Si](C)(C)C)cc2)cc1. The van der Waals surface area contributed by atoms with Crippen LogP contribution in [0, 0.1) is 0 Å². The number of rotatable bonds is 6. The second-order valence-electron chi connectivity index (χ2n) is 8.86. The van der Waals surface area contributed by atoms with E-state index in [1.165, 1.54) is 10.1 Å². The van der Waals surface area contributed by atoms with E-state index >= 15 is 0 Å². The minimum atomic E-state index is -1.43. The summed E-state index contributed by atoms with van der Waals surface area (Å²) in [6.07, 6.45) is 0.0138. The van der Waals surface area contributed by atoms with Crippen LogP contribution in [0.25, 0.3) is 0 Å². The van der Waals surface area contributed by atoms with E-state index < -0.39 is 20.2 Å². The van der Waals surface area contributed by atoms with Crippen LogP contribution in [-0.2, 0) is 4.79 Å². The zero-order chi connectivity index (χ0) is 22.6. The summed E-state index contributed by atoms with van der Waals surface area (Å²) < 4.78 is 5.20. The van der Waals surface area contributed by atoms with Crippen LogP contribution >= 0.6 is 0 Å². The van der Waals surface area contributed by atoms with Crippen LogP contribution in [0.5, 0.6) is 5.75 Å². The number of aliphatic hydroxyl groups is 1. The lowest BCUT2D eigenvalue weighted by atomic mass is 10.1. The molecule has 0 radical (unpaired) electrons. The first-order valence-electron chi connectivity index (χ1n) is 10.5. The van der Waals surface area contributed by atoms with Crippen molar-refractivity contribution in [2.24, 2.45) is 0 Å². The Hall–Kier alpha value is -2.84. The maximum atomic E-state index is 13.1. The van der Waals surface area contributed by atoms with E-state index in [-0.39, 0.29) is 18.5 Å². The summed E-state index contributed by atoms with van der Waals surface area (Å²) in [6, 6.07) is 13.7. The number of carbonyl (C=O) groups is 2. The van der Waals surface area contributed by atoms with E-state index in [4.69, 9.17) is 4.74 Å². The highest BCUT2D eigenvalue weighted by molar-refractivity contribution is 6.88. The van der Waals surface area contributed by atoms with Crippen molar-refractivity contribution in [2.75, 3.05) is 25.5 Å². The number of aliphatic hydroxyl groups excluding tert-OH is 1. The number of methoxy groups -OCH3 is 1. The molecule has 3 N–H and O–H groups in total. The Kier molecular flexibility index (Phi) is 7.02. The smallest absolute Gasteiger partial charge is 0.318 e. The number of ether oxygens (including phenoxy) is 1. The Morgan fingerprint density at radius 3 is 2.26 bits per heavy atom. The molecule has 3 amide bonds. The van der Waals surface area contributed by atoms with Gasteiger partial charge in [-0.25, -0.2) is 4.79 Å². The fraction of sp³-hybridized carbons (Fsp3) is 0.391. The Balaban J connectivity index is 1.78. The van der Waals surface area contributed by atoms with Gasteiger partial charge in [0.2, 0.25) is 0 Å². The van der Waals surface area contributed by atoms with Crippen LogP contribution < -0.4 is 20.6 Å². The highest BCUT2D eigenvalue weighted by Gasteiger charge is 2.29. The third-order valence-corrected chi connectivity index (χ3v) is 7.51. The predicted molar refractivity (Wildman–Crippen MR) is 125 cm³/mol. The second-order valence-corrected chi connectivity index (χ2v) is 13.9. The van der Waals surface area contributed by atoms with Crippen molar-refractivity contribution >= 4 is 30.9 Å². The number of amides is 3. The molecule has 0 saturated carbocycles. The number of carbonyl (C=O) groups excluding carboxylic acids is 2. The number of hydrogen-bond acceptors (Lipinski definition) is 4. The van der Waals surface area contributed by atoms with Gasteiger partial charge >= 0.3 is 6.03 Å². The Morgan fingerprint density at radius 2 is 1.74 bits per heavy atom. The molecule has 2 atom stereocenters. The summed E-state index contributed by atoms with van der Waals surface area (Å²) >= 11 is 0. The van der Waals surface area contributed by atoms with Crippen molar-refractivity contribution in [1.82, 2.24) is 10.2 Å². The molecular weight excluding hydrogens is 410 g/mol. The molecule has 7 nitrogen and oxygen atoms in total. The maximum Gasteiger partial charge on any atom is 0.318 e. The zero-order valence-corrected chi connectivity index (χ0v) is 19.5. The summed E-state index contributed by atoms with van der Waals surface area (Å²) in [5.74, 6) is 0.331. The molecule has 1 aliphatic rings. The van der Waals surface area contributed by atoms with Gasteiger partial charge in [-0.15, -0.1) is 0 Å². The van der Waals surface area contributed by atoms with E-state index in [9.17, 15) is 14.7 Å². The lowest BCUT2D eigenvalue weighted by molar-refractivity contribution is -0.118. The lowest BCUT2D eigenvalue weighted by Crippen LogP contribution is -2.44. The molecule has 2 unspecified atom stereocenters. The molecule has 0 bridgehead atoms. The van der Waals surface area contributed by atoms with E-state index in [0.717, 1.165) is 0 Å². The number of β-amino-alcohol motifs (C(OH)–C–C–N with tert-alkyl or cyclic N) is 1. The van der Waals surface area contributed by atoms with Gasteiger partial charge in [0.1, 0.15) is 11.8 Å². The van der Waals surface area contributed by atoms with E-state index in [2.05, 4.69) is 42.4 Å². The van der Waals surface area contributed by atoms with Crippen LogP contribution in [0.2, 0.25) is 19.6 Å². The van der Waals surface area contributed by atoms with Crippen molar-refractivity contribution in [1.29, 1.82) is 0 Å². The average molecular weight is 442 g/mol. The first-order valence-corrected chi connectivity index (χ1v) is 14.0. The highest BCUT2D eigenvalue weighted by atomic mass is 28.3. The summed E-state index contributed by atoms with van der Waals surface area (Å²) in [5.41, 5.74) is 1.32. The number of benzene rings is 2. The summed E-state index contributed by atoms with van der Waals surface area (Å²) in [4.78, 5) is 27.4.